The van der Waals surface area contributed by atoms with E-state index in [4.69, 9.17) is 4.98 Å². The minimum atomic E-state index is 0.276. The largest absolute Gasteiger partial charge is 0.356 e. The maximum Gasteiger partial charge on any atom is 0.225 e. The molecule has 0 fully saturated rings. The van der Waals surface area contributed by atoms with E-state index in [1.54, 1.807) is 0 Å². The number of benzene rings is 1. The second kappa shape index (κ2) is 5.57. The molecule has 3 heterocycles. The summed E-state index contributed by atoms with van der Waals surface area (Å²) in [6, 6.07) is 12.9. The molecule has 1 aliphatic rings. The molecule has 3 aromatic rings. The van der Waals surface area contributed by atoms with Gasteiger partial charge in [0.2, 0.25) is 5.95 Å². The highest BCUT2D eigenvalue weighted by molar-refractivity contribution is 5.88. The lowest BCUT2D eigenvalue weighted by atomic mass is 10.1. The maximum absolute atomic E-state index is 4.75. The van der Waals surface area contributed by atoms with E-state index >= 15 is 0 Å². The Morgan fingerprint density at radius 3 is 2.78 bits per heavy atom. The third-order valence-electron chi connectivity index (χ3n) is 4.39. The molecule has 0 saturated heterocycles. The van der Waals surface area contributed by atoms with Crippen LogP contribution in [-0.2, 0) is 13.0 Å². The molecule has 5 nitrogen and oxygen atoms in total. The Balaban J connectivity index is 1.60. The minimum Gasteiger partial charge on any atom is -0.356 e. The summed E-state index contributed by atoms with van der Waals surface area (Å²) >= 11 is 0. The Labute approximate surface area is 136 Å². The molecule has 0 spiro atoms. The summed E-state index contributed by atoms with van der Waals surface area (Å²) in [7, 11) is 2.09. The van der Waals surface area contributed by atoms with Crippen molar-refractivity contribution in [3.05, 3.63) is 48.2 Å². The lowest BCUT2D eigenvalue weighted by molar-refractivity contribution is 0.676. The molecule has 1 N–H and O–H groups in total. The molecule has 118 valence electrons. The van der Waals surface area contributed by atoms with Crippen LogP contribution in [0, 0.1) is 0 Å². The maximum atomic E-state index is 4.75. The van der Waals surface area contributed by atoms with Crippen molar-refractivity contribution in [2.75, 3.05) is 23.8 Å². The van der Waals surface area contributed by atoms with Crippen molar-refractivity contribution in [2.24, 2.45) is 0 Å². The Kier molecular flexibility index (Phi) is 3.41. The van der Waals surface area contributed by atoms with Gasteiger partial charge in [0.1, 0.15) is 5.52 Å². The van der Waals surface area contributed by atoms with Crippen molar-refractivity contribution in [3.8, 4) is 0 Å². The molecule has 2 aromatic heterocycles. The molecule has 0 saturated carbocycles. The highest BCUT2D eigenvalue weighted by Gasteiger charge is 2.20. The number of nitrogens with one attached hydrogen (secondary N) is 1. The standard InChI is InChI=1S/C18H21N5/c1-13(12-14-6-4-3-5-7-14)19-18-20-15-8-9-23-11-10-22(2)17(21-18)16(15)23/h3-9,13H,10-12H2,1-2H3,(H,19,20,21). The Morgan fingerprint density at radius 1 is 1.13 bits per heavy atom. The summed E-state index contributed by atoms with van der Waals surface area (Å²) in [5.41, 5.74) is 3.47. The van der Waals surface area contributed by atoms with Crippen LogP contribution in [0.2, 0.25) is 0 Å². The number of hydrogen-bond donors (Lipinski definition) is 1. The van der Waals surface area contributed by atoms with Crippen LogP contribution in [0.25, 0.3) is 11.0 Å². The van der Waals surface area contributed by atoms with E-state index in [-0.39, 0.29) is 6.04 Å². The van der Waals surface area contributed by atoms with Gasteiger partial charge in [0, 0.05) is 32.4 Å². The van der Waals surface area contributed by atoms with Crippen molar-refractivity contribution in [1.82, 2.24) is 14.5 Å². The van der Waals surface area contributed by atoms with Crippen molar-refractivity contribution in [1.29, 1.82) is 0 Å². The van der Waals surface area contributed by atoms with E-state index in [9.17, 15) is 0 Å². The second-order valence-electron chi connectivity index (χ2n) is 6.27. The molecule has 5 heteroatoms. The van der Waals surface area contributed by atoms with Crippen LogP contribution in [0.5, 0.6) is 0 Å². The fourth-order valence-electron chi connectivity index (χ4n) is 3.21. The summed E-state index contributed by atoms with van der Waals surface area (Å²) in [4.78, 5) is 11.6. The third kappa shape index (κ3) is 2.63. The van der Waals surface area contributed by atoms with E-state index < -0.39 is 0 Å². The molecule has 1 atom stereocenters. The molecule has 1 aromatic carbocycles. The monoisotopic (exact) mass is 307 g/mol. The minimum absolute atomic E-state index is 0.276. The van der Waals surface area contributed by atoms with E-state index in [0.717, 1.165) is 36.4 Å². The van der Waals surface area contributed by atoms with Crippen LogP contribution in [0.3, 0.4) is 0 Å². The zero-order chi connectivity index (χ0) is 15.8. The van der Waals surface area contributed by atoms with Crippen molar-refractivity contribution in [2.45, 2.75) is 25.9 Å². The highest BCUT2D eigenvalue weighted by atomic mass is 15.3. The predicted octanol–water partition coefficient (Wildman–Crippen LogP) is 2.92. The van der Waals surface area contributed by atoms with Crippen LogP contribution < -0.4 is 10.2 Å². The number of rotatable bonds is 4. The zero-order valence-electron chi connectivity index (χ0n) is 13.5. The van der Waals surface area contributed by atoms with Crippen LogP contribution in [0.4, 0.5) is 11.8 Å². The van der Waals surface area contributed by atoms with E-state index in [0.29, 0.717) is 5.95 Å². The van der Waals surface area contributed by atoms with Gasteiger partial charge in [-0.2, -0.15) is 4.98 Å². The first-order chi connectivity index (χ1) is 11.2. The quantitative estimate of drug-likeness (QED) is 0.805. The summed E-state index contributed by atoms with van der Waals surface area (Å²) in [5, 5.41) is 3.45. The normalized spacial score (nSPS) is 15.0. The molecule has 0 bridgehead atoms. The fraction of sp³-hybridized carbons (Fsp3) is 0.333. The van der Waals surface area contributed by atoms with Gasteiger partial charge in [-0.15, -0.1) is 0 Å². The van der Waals surface area contributed by atoms with Gasteiger partial charge in [0.25, 0.3) is 0 Å². The van der Waals surface area contributed by atoms with Gasteiger partial charge in [-0.05, 0) is 25.0 Å². The first-order valence-electron chi connectivity index (χ1n) is 8.09. The first kappa shape index (κ1) is 14.1. The number of hydrogen-bond acceptors (Lipinski definition) is 4. The number of likely N-dealkylation sites (N-methyl/N-ethyl adjacent to an activating group) is 1. The number of aromatic nitrogens is 3. The van der Waals surface area contributed by atoms with Gasteiger partial charge in [-0.25, -0.2) is 4.98 Å². The van der Waals surface area contributed by atoms with Gasteiger partial charge in [-0.3, -0.25) is 0 Å². The fourth-order valence-corrected chi connectivity index (χ4v) is 3.21. The third-order valence-corrected chi connectivity index (χ3v) is 4.39. The Bertz CT molecular complexity index is 824. The average molecular weight is 307 g/mol. The predicted molar refractivity (Wildman–Crippen MR) is 94.0 cm³/mol. The molecule has 23 heavy (non-hydrogen) atoms. The second-order valence-corrected chi connectivity index (χ2v) is 6.27. The summed E-state index contributed by atoms with van der Waals surface area (Å²) in [6.07, 6.45) is 3.06. The average Bonchev–Trinajstić information content (AvgIpc) is 2.95. The summed E-state index contributed by atoms with van der Waals surface area (Å²) < 4.78 is 2.24. The molecule has 1 aliphatic heterocycles. The van der Waals surface area contributed by atoms with Crippen molar-refractivity contribution >= 4 is 22.8 Å². The summed E-state index contributed by atoms with van der Waals surface area (Å²) in [5.74, 6) is 1.73. The van der Waals surface area contributed by atoms with Crippen molar-refractivity contribution < 1.29 is 0 Å². The number of nitrogens with zero attached hydrogens (tertiary/aromatic N) is 4. The Hall–Kier alpha value is -2.56. The topological polar surface area (TPSA) is 46.0 Å². The SMILES string of the molecule is CC(Cc1ccccc1)Nc1nc2c3c(ccn3CCN2C)n1. The van der Waals surface area contributed by atoms with Crippen LogP contribution in [-0.4, -0.2) is 34.2 Å². The lowest BCUT2D eigenvalue weighted by Crippen LogP contribution is -2.29. The van der Waals surface area contributed by atoms with E-state index in [1.807, 2.05) is 6.07 Å². The van der Waals surface area contributed by atoms with Crippen LogP contribution in [0.15, 0.2) is 42.6 Å². The van der Waals surface area contributed by atoms with Crippen molar-refractivity contribution in [3.63, 3.8) is 0 Å². The van der Waals surface area contributed by atoms with Gasteiger partial charge < -0.3 is 14.8 Å². The molecule has 4 rings (SSSR count). The molecule has 1 unspecified atom stereocenters. The summed E-state index contributed by atoms with van der Waals surface area (Å²) in [6.45, 7) is 4.14. The Morgan fingerprint density at radius 2 is 1.96 bits per heavy atom. The molecular formula is C18H21N5. The van der Waals surface area contributed by atoms with E-state index in [1.165, 1.54) is 5.56 Å². The van der Waals surface area contributed by atoms with Gasteiger partial charge in [-0.1, -0.05) is 30.3 Å². The smallest absolute Gasteiger partial charge is 0.225 e. The lowest BCUT2D eigenvalue weighted by Gasteiger charge is -2.26. The van der Waals surface area contributed by atoms with Gasteiger partial charge in [0.05, 0.1) is 5.52 Å². The molecular weight excluding hydrogens is 286 g/mol. The highest BCUT2D eigenvalue weighted by Crippen LogP contribution is 2.28. The molecule has 0 aliphatic carbocycles. The van der Waals surface area contributed by atoms with Gasteiger partial charge in [0.15, 0.2) is 5.82 Å². The zero-order valence-corrected chi connectivity index (χ0v) is 13.5. The van der Waals surface area contributed by atoms with E-state index in [2.05, 4.69) is 70.3 Å². The molecule has 0 radical (unpaired) electrons. The van der Waals surface area contributed by atoms with Crippen LogP contribution >= 0.6 is 0 Å². The van der Waals surface area contributed by atoms with Gasteiger partial charge >= 0.3 is 0 Å². The molecule has 0 amide bonds. The van der Waals surface area contributed by atoms with Crippen LogP contribution in [0.1, 0.15) is 12.5 Å². The number of anilines is 2. The first-order valence-corrected chi connectivity index (χ1v) is 8.09.